The van der Waals surface area contributed by atoms with Gasteiger partial charge in [-0.15, -0.1) is 0 Å². The molecule has 3 heterocycles. The quantitative estimate of drug-likeness (QED) is 0.499. The van der Waals surface area contributed by atoms with Gasteiger partial charge in [0.05, 0.1) is 50.0 Å². The normalized spacial score (nSPS) is 17.1. The molecule has 13 heteroatoms. The van der Waals surface area contributed by atoms with E-state index in [0.717, 1.165) is 0 Å². The molecule has 2 aromatic rings. The van der Waals surface area contributed by atoms with Gasteiger partial charge in [0.15, 0.2) is 0 Å². The van der Waals surface area contributed by atoms with E-state index in [-0.39, 0.29) is 40.6 Å². The van der Waals surface area contributed by atoms with Gasteiger partial charge < -0.3 is 29.7 Å². The number of esters is 2. The lowest BCUT2D eigenvalue weighted by atomic mass is 9.92. The van der Waals surface area contributed by atoms with Crippen LogP contribution in [0.3, 0.4) is 0 Å². The number of hydrogen-bond acceptors (Lipinski definition) is 10. The molecule has 0 bridgehead atoms. The number of carbonyl (C=O) groups excluding carboxylic acids is 4. The summed E-state index contributed by atoms with van der Waals surface area (Å²) in [6.07, 6.45) is -0.291. The number of aromatic amines is 1. The standard InChI is InChI=1S/C22H23N5O8/c1-33-20(31)11-7-12(21(32)34-2)9-13(8-11)23-18(29)14-10-15(28)24-17-16(14)19(30)26-22(25-17)27-3-5-35-6-4-27/h7-9,14H,3-6,10H2,1-2H3,(H,23,29)(H2,24,25,26,28,30)/t14-/m1/s1. The summed E-state index contributed by atoms with van der Waals surface area (Å²) in [5, 5.41) is 5.14. The topological polar surface area (TPSA) is 169 Å². The number of amides is 2. The summed E-state index contributed by atoms with van der Waals surface area (Å²) < 4.78 is 14.7. The SMILES string of the molecule is COC(=O)c1cc(NC(=O)[C@@H]2CC(=O)Nc3nc(N4CCOCC4)[nH]c(=O)c32)cc(C(=O)OC)c1. The lowest BCUT2D eigenvalue weighted by Crippen LogP contribution is -2.41. The number of ether oxygens (including phenoxy) is 3. The van der Waals surface area contributed by atoms with Gasteiger partial charge in [-0.05, 0) is 18.2 Å². The summed E-state index contributed by atoms with van der Waals surface area (Å²) in [5.41, 5.74) is -0.462. The number of carbonyl (C=O) groups is 4. The fourth-order valence-corrected chi connectivity index (χ4v) is 3.91. The van der Waals surface area contributed by atoms with Crippen molar-refractivity contribution in [2.75, 3.05) is 56.1 Å². The van der Waals surface area contributed by atoms with E-state index in [0.29, 0.717) is 26.3 Å². The Balaban J connectivity index is 1.66. The first-order chi connectivity index (χ1) is 16.8. The van der Waals surface area contributed by atoms with Crippen LogP contribution in [-0.4, -0.2) is 74.2 Å². The molecule has 35 heavy (non-hydrogen) atoms. The van der Waals surface area contributed by atoms with Crippen LogP contribution in [0.25, 0.3) is 0 Å². The van der Waals surface area contributed by atoms with Crippen LogP contribution in [0.1, 0.15) is 38.6 Å². The third-order valence-electron chi connectivity index (χ3n) is 5.61. The van der Waals surface area contributed by atoms with Crippen molar-refractivity contribution in [1.29, 1.82) is 0 Å². The van der Waals surface area contributed by atoms with Crippen LogP contribution in [0.4, 0.5) is 17.5 Å². The van der Waals surface area contributed by atoms with E-state index in [9.17, 15) is 24.0 Å². The van der Waals surface area contributed by atoms with Gasteiger partial charge in [-0.1, -0.05) is 0 Å². The van der Waals surface area contributed by atoms with Crippen LogP contribution in [0, 0.1) is 0 Å². The average Bonchev–Trinajstić information content (AvgIpc) is 2.87. The van der Waals surface area contributed by atoms with Crippen LogP contribution in [0.15, 0.2) is 23.0 Å². The molecular formula is C22H23N5O8. The Morgan fingerprint density at radius 2 is 1.69 bits per heavy atom. The zero-order chi connectivity index (χ0) is 25.1. The van der Waals surface area contributed by atoms with Crippen molar-refractivity contribution in [3.8, 4) is 0 Å². The number of nitrogens with zero attached hydrogens (tertiary/aromatic N) is 2. The second kappa shape index (κ2) is 9.93. The van der Waals surface area contributed by atoms with Crippen LogP contribution < -0.4 is 21.1 Å². The Kier molecular flexibility index (Phi) is 6.78. The minimum atomic E-state index is -1.16. The highest BCUT2D eigenvalue weighted by molar-refractivity contribution is 6.05. The molecule has 1 fully saturated rings. The van der Waals surface area contributed by atoms with E-state index < -0.39 is 35.2 Å². The molecule has 0 saturated carbocycles. The largest absolute Gasteiger partial charge is 0.465 e. The number of fused-ring (bicyclic) bond motifs is 1. The number of nitrogens with one attached hydrogen (secondary N) is 3. The second-order valence-electron chi connectivity index (χ2n) is 7.83. The van der Waals surface area contributed by atoms with E-state index in [1.54, 1.807) is 0 Å². The van der Waals surface area contributed by atoms with Gasteiger partial charge >= 0.3 is 11.9 Å². The van der Waals surface area contributed by atoms with Gasteiger partial charge in [-0.3, -0.25) is 19.4 Å². The lowest BCUT2D eigenvalue weighted by molar-refractivity contribution is -0.123. The zero-order valence-corrected chi connectivity index (χ0v) is 19.0. The zero-order valence-electron chi connectivity index (χ0n) is 19.0. The number of anilines is 3. The molecule has 0 radical (unpaired) electrons. The Hall–Kier alpha value is -4.26. The summed E-state index contributed by atoms with van der Waals surface area (Å²) in [7, 11) is 2.35. The van der Waals surface area contributed by atoms with Crippen molar-refractivity contribution in [2.45, 2.75) is 12.3 Å². The summed E-state index contributed by atoms with van der Waals surface area (Å²) in [6, 6.07) is 3.88. The van der Waals surface area contributed by atoms with Gasteiger partial charge in [-0.25, -0.2) is 9.59 Å². The third kappa shape index (κ3) is 4.99. The monoisotopic (exact) mass is 485 g/mol. The molecule has 0 unspecified atom stereocenters. The van der Waals surface area contributed by atoms with Crippen molar-refractivity contribution in [3.63, 3.8) is 0 Å². The smallest absolute Gasteiger partial charge is 0.337 e. The van der Waals surface area contributed by atoms with Gasteiger partial charge in [0.1, 0.15) is 5.82 Å². The summed E-state index contributed by atoms with van der Waals surface area (Å²) in [6.45, 7) is 1.96. The van der Waals surface area contributed by atoms with Crippen molar-refractivity contribution >= 4 is 41.2 Å². The molecule has 0 aliphatic carbocycles. The Morgan fingerprint density at radius 3 is 2.29 bits per heavy atom. The van der Waals surface area contributed by atoms with Gasteiger partial charge in [-0.2, -0.15) is 4.98 Å². The fourth-order valence-electron chi connectivity index (χ4n) is 3.91. The molecule has 2 aliphatic rings. The lowest BCUT2D eigenvalue weighted by Gasteiger charge is -2.29. The average molecular weight is 485 g/mol. The first-order valence-electron chi connectivity index (χ1n) is 10.7. The molecule has 1 aromatic heterocycles. The molecule has 2 amide bonds. The maximum atomic E-state index is 13.2. The molecular weight excluding hydrogens is 462 g/mol. The van der Waals surface area contributed by atoms with E-state index in [1.807, 2.05) is 4.90 Å². The van der Waals surface area contributed by atoms with Crippen LogP contribution in [-0.2, 0) is 23.8 Å². The number of benzene rings is 1. The molecule has 2 aliphatic heterocycles. The van der Waals surface area contributed by atoms with Gasteiger partial charge in [0.2, 0.25) is 17.8 Å². The summed E-state index contributed by atoms with van der Waals surface area (Å²) in [5.74, 6) is -3.52. The number of aromatic nitrogens is 2. The molecule has 1 aromatic carbocycles. The maximum Gasteiger partial charge on any atom is 0.337 e. The van der Waals surface area contributed by atoms with Gasteiger partial charge in [0.25, 0.3) is 5.56 Å². The highest BCUT2D eigenvalue weighted by atomic mass is 16.5. The predicted molar refractivity (Wildman–Crippen MR) is 122 cm³/mol. The molecule has 13 nitrogen and oxygen atoms in total. The second-order valence-corrected chi connectivity index (χ2v) is 7.83. The molecule has 4 rings (SSSR count). The molecule has 1 atom stereocenters. The van der Waals surface area contributed by atoms with Crippen LogP contribution in [0.2, 0.25) is 0 Å². The predicted octanol–water partition coefficient (Wildman–Crippen LogP) is 0.244. The molecule has 184 valence electrons. The highest BCUT2D eigenvalue weighted by Crippen LogP contribution is 2.30. The first-order valence-corrected chi connectivity index (χ1v) is 10.7. The molecule has 1 saturated heterocycles. The number of H-pyrrole nitrogens is 1. The van der Waals surface area contributed by atoms with E-state index in [2.05, 4.69) is 20.6 Å². The number of rotatable bonds is 5. The minimum absolute atomic E-state index is 0.00199. The Labute approximate surface area is 198 Å². The highest BCUT2D eigenvalue weighted by Gasteiger charge is 2.35. The van der Waals surface area contributed by atoms with Crippen LogP contribution >= 0.6 is 0 Å². The molecule has 3 N–H and O–H groups in total. The van der Waals surface area contributed by atoms with Crippen molar-refractivity contribution in [3.05, 3.63) is 45.2 Å². The van der Waals surface area contributed by atoms with E-state index in [1.165, 1.54) is 32.4 Å². The van der Waals surface area contributed by atoms with Crippen LogP contribution in [0.5, 0.6) is 0 Å². The van der Waals surface area contributed by atoms with Crippen molar-refractivity contribution in [1.82, 2.24) is 9.97 Å². The number of hydrogen-bond donors (Lipinski definition) is 3. The minimum Gasteiger partial charge on any atom is -0.465 e. The molecule has 0 spiro atoms. The maximum absolute atomic E-state index is 13.2. The van der Waals surface area contributed by atoms with Crippen molar-refractivity contribution in [2.24, 2.45) is 0 Å². The summed E-state index contributed by atoms with van der Waals surface area (Å²) >= 11 is 0. The van der Waals surface area contributed by atoms with Crippen molar-refractivity contribution < 1.29 is 33.4 Å². The van der Waals surface area contributed by atoms with Gasteiger partial charge in [0, 0.05) is 25.2 Å². The summed E-state index contributed by atoms with van der Waals surface area (Å²) in [4.78, 5) is 71.4. The number of methoxy groups -OCH3 is 2. The Morgan fingerprint density at radius 1 is 1.06 bits per heavy atom. The Bertz CT molecular complexity index is 1220. The fraction of sp³-hybridized carbons (Fsp3) is 0.364. The number of morpholine rings is 1. The third-order valence-corrected chi connectivity index (χ3v) is 5.61. The van der Waals surface area contributed by atoms with E-state index in [4.69, 9.17) is 14.2 Å². The first kappa shape index (κ1) is 23.9. The van der Waals surface area contributed by atoms with E-state index >= 15 is 0 Å².